The van der Waals surface area contributed by atoms with Gasteiger partial charge < -0.3 is 15.1 Å². The summed E-state index contributed by atoms with van der Waals surface area (Å²) in [6.45, 7) is 6.42. The van der Waals surface area contributed by atoms with Crippen LogP contribution in [0, 0.1) is 0 Å². The monoisotopic (exact) mass is 324 g/mol. The van der Waals surface area contributed by atoms with Crippen LogP contribution >= 0.6 is 23.1 Å². The van der Waals surface area contributed by atoms with Crippen molar-refractivity contribution in [3.8, 4) is 0 Å². The number of aromatic nitrogens is 2. The molecule has 0 aliphatic heterocycles. The molecular weight excluding hydrogens is 308 g/mol. The van der Waals surface area contributed by atoms with Crippen LogP contribution in [0.3, 0.4) is 0 Å². The molecule has 2 heterocycles. The van der Waals surface area contributed by atoms with Gasteiger partial charge in [-0.05, 0) is 19.1 Å². The minimum absolute atomic E-state index is 0.0415. The number of anilines is 1. The molecule has 6 nitrogen and oxygen atoms in total. The van der Waals surface area contributed by atoms with Crippen molar-refractivity contribution in [3.05, 3.63) is 36.8 Å². The van der Waals surface area contributed by atoms with Crippen LogP contribution in [0.15, 0.2) is 39.8 Å². The van der Waals surface area contributed by atoms with E-state index in [4.69, 9.17) is 4.42 Å². The van der Waals surface area contributed by atoms with Crippen LogP contribution in [0.25, 0.3) is 0 Å². The molecule has 0 aliphatic carbocycles. The lowest BCUT2D eigenvalue weighted by molar-refractivity contribution is -0.120. The number of thioether (sulfide) groups is 1. The van der Waals surface area contributed by atoms with Crippen molar-refractivity contribution in [1.82, 2.24) is 15.5 Å². The number of nitrogens with zero attached hydrogens (tertiary/aromatic N) is 2. The third-order valence-electron chi connectivity index (χ3n) is 2.47. The highest BCUT2D eigenvalue weighted by molar-refractivity contribution is 8.02. The molecule has 0 saturated carbocycles. The lowest BCUT2D eigenvalue weighted by Crippen LogP contribution is -2.30. The molecule has 2 rings (SSSR count). The summed E-state index contributed by atoms with van der Waals surface area (Å²) < 4.78 is 5.97. The molecule has 0 fully saturated rings. The topological polar surface area (TPSA) is 80.0 Å². The Morgan fingerprint density at radius 2 is 2.48 bits per heavy atom. The maximum atomic E-state index is 11.7. The van der Waals surface area contributed by atoms with E-state index in [1.807, 2.05) is 19.1 Å². The van der Waals surface area contributed by atoms with Crippen molar-refractivity contribution in [3.63, 3.8) is 0 Å². The molecule has 2 aromatic heterocycles. The standard InChI is InChI=1S/C13H16N4O2S2/c1-3-6-14-11(18)9(2)20-13-17-16-12(21-13)15-8-10-5-4-7-19-10/h3-5,7,9H,1,6,8H2,2H3,(H,14,18)(H,15,16)/t9-/m1/s1. The molecule has 0 aliphatic rings. The molecule has 112 valence electrons. The van der Waals surface area contributed by atoms with Crippen molar-refractivity contribution in [1.29, 1.82) is 0 Å². The van der Waals surface area contributed by atoms with Crippen molar-refractivity contribution in [2.45, 2.75) is 23.1 Å². The first-order valence-electron chi connectivity index (χ1n) is 6.34. The minimum atomic E-state index is -0.226. The summed E-state index contributed by atoms with van der Waals surface area (Å²) in [5, 5.41) is 14.5. The number of hydrogen-bond acceptors (Lipinski definition) is 7. The summed E-state index contributed by atoms with van der Waals surface area (Å²) in [6, 6.07) is 3.72. The quantitative estimate of drug-likeness (QED) is 0.574. The molecule has 0 radical (unpaired) electrons. The minimum Gasteiger partial charge on any atom is -0.467 e. The first-order valence-corrected chi connectivity index (χ1v) is 8.03. The van der Waals surface area contributed by atoms with E-state index in [0.717, 1.165) is 10.1 Å². The Hall–Kier alpha value is -1.80. The van der Waals surface area contributed by atoms with Crippen molar-refractivity contribution < 1.29 is 9.21 Å². The fourth-order valence-electron chi connectivity index (χ4n) is 1.43. The maximum Gasteiger partial charge on any atom is 0.233 e. The summed E-state index contributed by atoms with van der Waals surface area (Å²) in [5.41, 5.74) is 0. The summed E-state index contributed by atoms with van der Waals surface area (Å²) in [7, 11) is 0. The third kappa shape index (κ3) is 4.91. The lowest BCUT2D eigenvalue weighted by Gasteiger charge is -2.07. The fourth-order valence-corrected chi connectivity index (χ4v) is 3.34. The summed E-state index contributed by atoms with van der Waals surface area (Å²) in [4.78, 5) is 11.7. The molecule has 0 spiro atoms. The van der Waals surface area contributed by atoms with Gasteiger partial charge in [-0.2, -0.15) is 0 Å². The Morgan fingerprint density at radius 1 is 1.62 bits per heavy atom. The second kappa shape index (κ2) is 7.84. The van der Waals surface area contributed by atoms with Gasteiger partial charge in [-0.25, -0.2) is 0 Å². The van der Waals surface area contributed by atoms with Crippen LogP contribution in [0.5, 0.6) is 0 Å². The molecule has 2 aromatic rings. The number of hydrogen-bond donors (Lipinski definition) is 2. The average molecular weight is 324 g/mol. The van der Waals surface area contributed by atoms with E-state index in [1.165, 1.54) is 23.1 Å². The van der Waals surface area contributed by atoms with E-state index < -0.39 is 0 Å². The average Bonchev–Trinajstić information content (AvgIpc) is 3.13. The van der Waals surface area contributed by atoms with Crippen molar-refractivity contribution in [2.24, 2.45) is 0 Å². The van der Waals surface area contributed by atoms with Gasteiger partial charge in [-0.3, -0.25) is 4.79 Å². The second-order valence-corrected chi connectivity index (χ2v) is 6.67. The van der Waals surface area contributed by atoms with Gasteiger partial charge in [0.1, 0.15) is 5.76 Å². The summed E-state index contributed by atoms with van der Waals surface area (Å²) >= 11 is 2.79. The van der Waals surface area contributed by atoms with E-state index in [0.29, 0.717) is 18.2 Å². The molecule has 0 saturated heterocycles. The predicted molar refractivity (Wildman–Crippen MR) is 84.5 cm³/mol. The predicted octanol–water partition coefficient (Wildman–Crippen LogP) is 2.53. The molecule has 2 N–H and O–H groups in total. The Balaban J connectivity index is 1.82. The van der Waals surface area contributed by atoms with Gasteiger partial charge in [0.15, 0.2) is 4.34 Å². The smallest absolute Gasteiger partial charge is 0.233 e. The van der Waals surface area contributed by atoms with Crippen molar-refractivity contribution in [2.75, 3.05) is 11.9 Å². The van der Waals surface area contributed by atoms with Gasteiger partial charge in [0.05, 0.1) is 18.1 Å². The second-order valence-electron chi connectivity index (χ2n) is 4.10. The van der Waals surface area contributed by atoms with E-state index in [2.05, 4.69) is 27.4 Å². The highest BCUT2D eigenvalue weighted by Gasteiger charge is 2.16. The first-order chi connectivity index (χ1) is 10.2. The van der Waals surface area contributed by atoms with Gasteiger partial charge in [-0.1, -0.05) is 29.2 Å². The highest BCUT2D eigenvalue weighted by Crippen LogP contribution is 2.29. The van der Waals surface area contributed by atoms with E-state index in [1.54, 1.807) is 12.3 Å². The van der Waals surface area contributed by atoms with E-state index >= 15 is 0 Å². The van der Waals surface area contributed by atoms with E-state index in [-0.39, 0.29) is 11.2 Å². The summed E-state index contributed by atoms with van der Waals surface area (Å²) in [5.74, 6) is 0.789. The number of carbonyl (C=O) groups is 1. The molecule has 1 amide bonds. The van der Waals surface area contributed by atoms with Crippen LogP contribution in [-0.4, -0.2) is 27.9 Å². The number of amides is 1. The van der Waals surface area contributed by atoms with Crippen LogP contribution in [-0.2, 0) is 11.3 Å². The lowest BCUT2D eigenvalue weighted by atomic mass is 10.4. The molecule has 0 aromatic carbocycles. The van der Waals surface area contributed by atoms with Gasteiger partial charge >= 0.3 is 0 Å². The highest BCUT2D eigenvalue weighted by atomic mass is 32.2. The number of nitrogens with one attached hydrogen (secondary N) is 2. The van der Waals surface area contributed by atoms with Crippen LogP contribution in [0.2, 0.25) is 0 Å². The van der Waals surface area contributed by atoms with E-state index in [9.17, 15) is 4.79 Å². The van der Waals surface area contributed by atoms with Crippen LogP contribution in [0.4, 0.5) is 5.13 Å². The van der Waals surface area contributed by atoms with Gasteiger partial charge in [0.2, 0.25) is 11.0 Å². The Morgan fingerprint density at radius 3 is 3.19 bits per heavy atom. The zero-order valence-electron chi connectivity index (χ0n) is 11.5. The zero-order chi connectivity index (χ0) is 15.1. The SMILES string of the molecule is C=CCNC(=O)[C@@H](C)Sc1nnc(NCc2ccco2)s1. The Bertz CT molecular complexity index is 583. The largest absolute Gasteiger partial charge is 0.467 e. The fraction of sp³-hybridized carbons (Fsp3) is 0.308. The van der Waals surface area contributed by atoms with Crippen LogP contribution in [0.1, 0.15) is 12.7 Å². The van der Waals surface area contributed by atoms with Crippen LogP contribution < -0.4 is 10.6 Å². The molecule has 21 heavy (non-hydrogen) atoms. The zero-order valence-corrected chi connectivity index (χ0v) is 13.2. The molecule has 0 unspecified atom stereocenters. The molecule has 8 heteroatoms. The normalized spacial score (nSPS) is 11.9. The molecule has 0 bridgehead atoms. The maximum absolute atomic E-state index is 11.7. The Kier molecular flexibility index (Phi) is 5.82. The molecule has 1 atom stereocenters. The number of rotatable bonds is 8. The van der Waals surface area contributed by atoms with Crippen molar-refractivity contribution >= 4 is 34.1 Å². The van der Waals surface area contributed by atoms with Gasteiger partial charge in [0.25, 0.3) is 0 Å². The number of furan rings is 1. The Labute approximate surface area is 131 Å². The third-order valence-corrected chi connectivity index (χ3v) is 4.53. The number of carbonyl (C=O) groups excluding carboxylic acids is 1. The van der Waals surface area contributed by atoms with Gasteiger partial charge in [0, 0.05) is 6.54 Å². The first kappa shape index (κ1) is 15.6. The van der Waals surface area contributed by atoms with Gasteiger partial charge in [-0.15, -0.1) is 16.8 Å². The summed E-state index contributed by atoms with van der Waals surface area (Å²) in [6.07, 6.45) is 3.28. The molecular formula is C13H16N4O2S2.